The van der Waals surface area contributed by atoms with E-state index in [1.165, 1.54) is 25.3 Å². The van der Waals surface area contributed by atoms with Crippen LogP contribution in [0, 0.1) is 5.92 Å². The molecule has 1 heteroatoms. The van der Waals surface area contributed by atoms with Gasteiger partial charge in [0, 0.05) is 0 Å². The molecular formula is C16H26Si. The zero-order valence-corrected chi connectivity index (χ0v) is 12.8. The van der Waals surface area contributed by atoms with E-state index in [1.807, 2.05) is 0 Å². The maximum atomic E-state index is 2.60. The minimum absolute atomic E-state index is 0.473. The zero-order valence-electron chi connectivity index (χ0n) is 11.8. The van der Waals surface area contributed by atoms with Crippen molar-refractivity contribution in [1.82, 2.24) is 0 Å². The van der Waals surface area contributed by atoms with Gasteiger partial charge in [-0.1, -0.05) is 82.6 Å². The van der Waals surface area contributed by atoms with E-state index in [1.54, 1.807) is 5.56 Å². The average molecular weight is 246 g/mol. The molecule has 2 rings (SSSR count). The molecule has 0 saturated carbocycles. The molecule has 0 nitrogen and oxygen atoms in total. The topological polar surface area (TPSA) is 0 Å². The molecule has 2 atom stereocenters. The summed E-state index contributed by atoms with van der Waals surface area (Å²) in [6.45, 7) is 10.1. The number of rotatable bonds is 2. The van der Waals surface area contributed by atoms with Gasteiger partial charge < -0.3 is 0 Å². The second-order valence-corrected chi connectivity index (χ2v) is 11.8. The third-order valence-corrected chi connectivity index (χ3v) is 10.6. The van der Waals surface area contributed by atoms with Crippen LogP contribution in [0.25, 0.3) is 0 Å². The summed E-state index contributed by atoms with van der Waals surface area (Å²) < 4.78 is 0. The van der Waals surface area contributed by atoms with Crippen molar-refractivity contribution < 1.29 is 0 Å². The normalized spacial score (nSPS) is 32.4. The fourth-order valence-corrected chi connectivity index (χ4v) is 7.92. The maximum absolute atomic E-state index is 2.60. The van der Waals surface area contributed by atoms with Crippen LogP contribution >= 0.6 is 0 Å². The monoisotopic (exact) mass is 246 g/mol. The first-order valence-corrected chi connectivity index (χ1v) is 10.3. The molecule has 1 aliphatic heterocycles. The Hall–Kier alpha value is -0.563. The van der Waals surface area contributed by atoms with E-state index >= 15 is 0 Å². The summed E-state index contributed by atoms with van der Waals surface area (Å²) in [5.41, 5.74) is 1.60. The number of hydrogen-bond donors (Lipinski definition) is 0. The molecule has 0 aromatic heterocycles. The van der Waals surface area contributed by atoms with E-state index in [0.29, 0.717) is 5.04 Å². The van der Waals surface area contributed by atoms with Crippen LogP contribution in [0.5, 0.6) is 0 Å². The van der Waals surface area contributed by atoms with Crippen molar-refractivity contribution in [3.05, 3.63) is 35.9 Å². The predicted molar refractivity (Wildman–Crippen MR) is 79.1 cm³/mol. The molecule has 2 unspecified atom stereocenters. The van der Waals surface area contributed by atoms with Gasteiger partial charge in [-0.15, -0.1) is 0 Å². The highest BCUT2D eigenvalue weighted by Crippen LogP contribution is 2.49. The Kier molecular flexibility index (Phi) is 3.49. The van der Waals surface area contributed by atoms with Gasteiger partial charge in [0.15, 0.2) is 0 Å². The molecule has 0 N–H and O–H groups in total. The van der Waals surface area contributed by atoms with Crippen molar-refractivity contribution in [3.63, 3.8) is 0 Å². The minimum Gasteiger partial charge on any atom is -0.0687 e. The van der Waals surface area contributed by atoms with Crippen molar-refractivity contribution in [2.24, 2.45) is 5.92 Å². The molecule has 0 spiro atoms. The highest BCUT2D eigenvalue weighted by molar-refractivity contribution is 6.80. The highest BCUT2D eigenvalue weighted by Gasteiger charge is 2.50. The molecule has 1 heterocycles. The average Bonchev–Trinajstić information content (AvgIpc) is 2.33. The Balaban J connectivity index is 2.48. The van der Waals surface area contributed by atoms with Crippen LogP contribution in [0.3, 0.4) is 0 Å². The second kappa shape index (κ2) is 4.60. The molecule has 1 saturated heterocycles. The first-order chi connectivity index (χ1) is 8.02. The Morgan fingerprint density at radius 1 is 1.24 bits per heavy atom. The van der Waals surface area contributed by atoms with Crippen molar-refractivity contribution in [3.8, 4) is 0 Å². The molecule has 0 radical (unpaired) electrons. The fourth-order valence-electron chi connectivity index (χ4n) is 3.91. The van der Waals surface area contributed by atoms with E-state index in [4.69, 9.17) is 0 Å². The van der Waals surface area contributed by atoms with E-state index in [2.05, 4.69) is 57.3 Å². The number of hydrogen-bond acceptors (Lipinski definition) is 0. The highest BCUT2D eigenvalue weighted by atomic mass is 28.3. The quantitative estimate of drug-likeness (QED) is 0.643. The van der Waals surface area contributed by atoms with Crippen LogP contribution in [0.1, 0.15) is 38.7 Å². The van der Waals surface area contributed by atoms with Crippen LogP contribution < -0.4 is 0 Å². The van der Waals surface area contributed by atoms with Crippen LogP contribution in [-0.2, 0) is 5.04 Å². The van der Waals surface area contributed by atoms with E-state index in [0.717, 1.165) is 5.92 Å². The number of benzene rings is 1. The molecule has 0 aliphatic carbocycles. The minimum atomic E-state index is -1.17. The summed E-state index contributed by atoms with van der Waals surface area (Å²) in [5.74, 6) is 0.889. The van der Waals surface area contributed by atoms with Crippen molar-refractivity contribution in [2.75, 3.05) is 0 Å². The molecule has 1 fully saturated rings. The van der Waals surface area contributed by atoms with Gasteiger partial charge >= 0.3 is 0 Å². The summed E-state index contributed by atoms with van der Waals surface area (Å²) >= 11 is 0. The lowest BCUT2D eigenvalue weighted by molar-refractivity contribution is 0.321. The summed E-state index contributed by atoms with van der Waals surface area (Å²) in [5, 5.41) is 0.473. The Labute approximate surface area is 107 Å². The van der Waals surface area contributed by atoms with Crippen LogP contribution in [0.4, 0.5) is 0 Å². The molecule has 1 aromatic rings. The fraction of sp³-hybridized carbons (Fsp3) is 0.625. The lowest BCUT2D eigenvalue weighted by Gasteiger charge is -2.52. The van der Waals surface area contributed by atoms with Gasteiger partial charge in [0.1, 0.15) is 0 Å². The Bertz CT molecular complexity index is 368. The maximum Gasteiger partial charge on any atom is 0.0587 e. The third-order valence-electron chi connectivity index (χ3n) is 5.44. The Morgan fingerprint density at radius 2 is 1.88 bits per heavy atom. The smallest absolute Gasteiger partial charge is 0.0587 e. The van der Waals surface area contributed by atoms with Gasteiger partial charge in [-0.05, 0) is 16.5 Å². The van der Waals surface area contributed by atoms with Gasteiger partial charge in [0.2, 0.25) is 0 Å². The van der Waals surface area contributed by atoms with Gasteiger partial charge in [0.25, 0.3) is 0 Å². The molecular weight excluding hydrogens is 220 g/mol. The van der Waals surface area contributed by atoms with E-state index in [-0.39, 0.29) is 0 Å². The van der Waals surface area contributed by atoms with Gasteiger partial charge in [-0.2, -0.15) is 0 Å². The van der Waals surface area contributed by atoms with Crippen LogP contribution in [0.2, 0.25) is 19.1 Å². The zero-order chi connectivity index (χ0) is 12.5. The molecule has 0 bridgehead atoms. The molecule has 0 amide bonds. The molecule has 1 aromatic carbocycles. The van der Waals surface area contributed by atoms with E-state index in [9.17, 15) is 0 Å². The van der Waals surface area contributed by atoms with E-state index < -0.39 is 8.07 Å². The first kappa shape index (κ1) is 12.9. The standard InChI is InChI=1S/C16H26Si/c1-5-14-12-9-13-17(3,4)16(14,2)15-10-7-6-8-11-15/h6-8,10-11,14H,5,9,12-13H2,1-4H3. The van der Waals surface area contributed by atoms with Gasteiger partial charge in [0.05, 0.1) is 8.07 Å². The lowest BCUT2D eigenvalue weighted by atomic mass is 9.81. The predicted octanol–water partition coefficient (Wildman–Crippen LogP) is 5.01. The van der Waals surface area contributed by atoms with Crippen LogP contribution in [-0.4, -0.2) is 8.07 Å². The second-order valence-electron chi connectivity index (χ2n) is 6.45. The largest absolute Gasteiger partial charge is 0.0687 e. The van der Waals surface area contributed by atoms with Crippen LogP contribution in [0.15, 0.2) is 30.3 Å². The van der Waals surface area contributed by atoms with Gasteiger partial charge in [-0.25, -0.2) is 0 Å². The van der Waals surface area contributed by atoms with Gasteiger partial charge in [-0.3, -0.25) is 0 Å². The van der Waals surface area contributed by atoms with Crippen molar-refractivity contribution in [2.45, 2.75) is 57.3 Å². The summed E-state index contributed by atoms with van der Waals surface area (Å²) in [6, 6.07) is 12.8. The Morgan fingerprint density at radius 3 is 2.47 bits per heavy atom. The molecule has 94 valence electrons. The van der Waals surface area contributed by atoms with Crippen molar-refractivity contribution in [1.29, 1.82) is 0 Å². The summed E-state index contributed by atoms with van der Waals surface area (Å²) in [4.78, 5) is 0. The first-order valence-electron chi connectivity index (χ1n) is 7.08. The molecule has 17 heavy (non-hydrogen) atoms. The van der Waals surface area contributed by atoms with Crippen molar-refractivity contribution >= 4 is 8.07 Å². The summed E-state index contributed by atoms with van der Waals surface area (Å²) in [7, 11) is -1.17. The summed E-state index contributed by atoms with van der Waals surface area (Å²) in [6.07, 6.45) is 4.22. The third kappa shape index (κ3) is 1.99. The lowest BCUT2D eigenvalue weighted by Crippen LogP contribution is -2.56. The SMILES string of the molecule is CCC1CCC[Si](C)(C)C1(C)c1ccccc1. The molecule has 1 aliphatic rings.